The SMILES string of the molecule is CCNC(C)(CCCCSc1ncn[nH]1)C(=O)O. The van der Waals surface area contributed by atoms with Gasteiger partial charge >= 0.3 is 5.97 Å². The van der Waals surface area contributed by atoms with Crippen molar-refractivity contribution in [2.45, 2.75) is 43.8 Å². The Morgan fingerprint density at radius 2 is 2.39 bits per heavy atom. The smallest absolute Gasteiger partial charge is 0.323 e. The number of nitrogens with zero attached hydrogens (tertiary/aromatic N) is 2. The number of rotatable bonds is 9. The van der Waals surface area contributed by atoms with Gasteiger partial charge in [-0.1, -0.05) is 25.1 Å². The first-order chi connectivity index (χ1) is 8.58. The van der Waals surface area contributed by atoms with Crippen LogP contribution < -0.4 is 5.32 Å². The first-order valence-corrected chi connectivity index (χ1v) is 7.03. The van der Waals surface area contributed by atoms with E-state index in [4.69, 9.17) is 0 Å². The number of aromatic nitrogens is 3. The highest BCUT2D eigenvalue weighted by Gasteiger charge is 2.30. The van der Waals surface area contributed by atoms with Crippen molar-refractivity contribution in [1.82, 2.24) is 20.5 Å². The fraction of sp³-hybridized carbons (Fsp3) is 0.727. The lowest BCUT2D eigenvalue weighted by Crippen LogP contribution is -2.49. The zero-order chi connectivity index (χ0) is 13.4. The predicted molar refractivity (Wildman–Crippen MR) is 70.7 cm³/mol. The Morgan fingerprint density at radius 1 is 1.61 bits per heavy atom. The summed E-state index contributed by atoms with van der Waals surface area (Å²) in [6.07, 6.45) is 3.94. The number of nitrogens with one attached hydrogen (secondary N) is 2. The Labute approximate surface area is 111 Å². The van der Waals surface area contributed by atoms with Crippen LogP contribution >= 0.6 is 11.8 Å². The summed E-state index contributed by atoms with van der Waals surface area (Å²) < 4.78 is 0. The number of carbonyl (C=O) groups is 1. The monoisotopic (exact) mass is 272 g/mol. The normalized spacial score (nSPS) is 14.3. The van der Waals surface area contributed by atoms with Crippen molar-refractivity contribution in [2.75, 3.05) is 12.3 Å². The molecule has 0 bridgehead atoms. The highest BCUT2D eigenvalue weighted by Crippen LogP contribution is 2.18. The van der Waals surface area contributed by atoms with Crippen LogP contribution in [0.15, 0.2) is 11.5 Å². The Kier molecular flexibility index (Phi) is 6.14. The molecule has 0 amide bonds. The van der Waals surface area contributed by atoms with Crippen molar-refractivity contribution in [3.63, 3.8) is 0 Å². The number of H-pyrrole nitrogens is 1. The van der Waals surface area contributed by atoms with Crippen molar-refractivity contribution in [2.24, 2.45) is 0 Å². The molecule has 0 aliphatic heterocycles. The second kappa shape index (κ2) is 7.38. The van der Waals surface area contributed by atoms with Crippen molar-refractivity contribution < 1.29 is 9.90 Å². The van der Waals surface area contributed by atoms with E-state index in [1.165, 1.54) is 6.33 Å². The lowest BCUT2D eigenvalue weighted by molar-refractivity contribution is -0.144. The zero-order valence-corrected chi connectivity index (χ0v) is 11.6. The molecule has 0 aliphatic rings. The summed E-state index contributed by atoms with van der Waals surface area (Å²) in [6.45, 7) is 4.32. The van der Waals surface area contributed by atoms with Crippen LogP contribution in [0.2, 0.25) is 0 Å². The molecule has 3 N–H and O–H groups in total. The van der Waals surface area contributed by atoms with Crippen LogP contribution in [-0.2, 0) is 4.79 Å². The molecule has 0 spiro atoms. The maximum absolute atomic E-state index is 11.2. The Balaban J connectivity index is 2.21. The summed E-state index contributed by atoms with van der Waals surface area (Å²) in [6, 6.07) is 0. The van der Waals surface area contributed by atoms with Crippen LogP contribution in [0.4, 0.5) is 0 Å². The lowest BCUT2D eigenvalue weighted by atomic mass is 9.95. The number of carboxylic acid groups (broad SMARTS) is 1. The molecule has 1 rings (SSSR count). The molecule has 1 atom stereocenters. The molecule has 1 aromatic heterocycles. The highest BCUT2D eigenvalue weighted by molar-refractivity contribution is 7.99. The van der Waals surface area contributed by atoms with Crippen LogP contribution in [0.1, 0.15) is 33.1 Å². The molecule has 0 fully saturated rings. The molecule has 0 aromatic carbocycles. The molecule has 18 heavy (non-hydrogen) atoms. The van der Waals surface area contributed by atoms with E-state index < -0.39 is 11.5 Å². The molecule has 1 unspecified atom stereocenters. The van der Waals surface area contributed by atoms with Gasteiger partial charge in [-0.05, 0) is 26.3 Å². The zero-order valence-electron chi connectivity index (χ0n) is 10.8. The molecule has 6 nitrogen and oxygen atoms in total. The summed E-state index contributed by atoms with van der Waals surface area (Å²) in [5.74, 6) is 0.129. The van der Waals surface area contributed by atoms with E-state index >= 15 is 0 Å². The van der Waals surface area contributed by atoms with Crippen molar-refractivity contribution in [3.8, 4) is 0 Å². The second-order valence-electron chi connectivity index (χ2n) is 4.26. The van der Waals surface area contributed by atoms with E-state index in [0.717, 1.165) is 23.8 Å². The van der Waals surface area contributed by atoms with E-state index in [2.05, 4.69) is 20.5 Å². The Morgan fingerprint density at radius 3 is 2.94 bits per heavy atom. The maximum atomic E-state index is 11.2. The molecule has 102 valence electrons. The molecule has 1 aromatic rings. The minimum atomic E-state index is -0.814. The van der Waals surface area contributed by atoms with Crippen LogP contribution in [0, 0.1) is 0 Å². The topological polar surface area (TPSA) is 90.9 Å². The van der Waals surface area contributed by atoms with E-state index in [1.807, 2.05) is 6.92 Å². The fourth-order valence-electron chi connectivity index (χ4n) is 1.67. The molecular weight excluding hydrogens is 252 g/mol. The third-order valence-electron chi connectivity index (χ3n) is 2.74. The number of aliphatic carboxylic acids is 1. The van der Waals surface area contributed by atoms with Crippen molar-refractivity contribution >= 4 is 17.7 Å². The van der Waals surface area contributed by atoms with Crippen LogP contribution in [0.3, 0.4) is 0 Å². The average Bonchev–Trinajstić information content (AvgIpc) is 2.81. The maximum Gasteiger partial charge on any atom is 0.323 e. The van der Waals surface area contributed by atoms with Gasteiger partial charge in [0, 0.05) is 5.75 Å². The van der Waals surface area contributed by atoms with Gasteiger partial charge in [-0.3, -0.25) is 9.89 Å². The number of likely N-dealkylation sites (N-methyl/N-ethyl adjacent to an activating group) is 1. The van der Waals surface area contributed by atoms with Gasteiger partial charge in [-0.25, -0.2) is 4.98 Å². The quantitative estimate of drug-likeness (QED) is 0.466. The van der Waals surface area contributed by atoms with Crippen molar-refractivity contribution in [1.29, 1.82) is 0 Å². The summed E-state index contributed by atoms with van der Waals surface area (Å²) in [5.41, 5.74) is -0.814. The summed E-state index contributed by atoms with van der Waals surface area (Å²) in [5, 5.41) is 19.6. The fourth-order valence-corrected chi connectivity index (χ4v) is 2.46. The molecule has 0 saturated heterocycles. The minimum absolute atomic E-state index is 0.632. The van der Waals surface area contributed by atoms with Gasteiger partial charge in [-0.2, -0.15) is 5.10 Å². The number of thioether (sulfide) groups is 1. The number of unbranched alkanes of at least 4 members (excludes halogenated alkanes) is 1. The third-order valence-corrected chi connectivity index (χ3v) is 3.70. The Bertz CT molecular complexity index is 358. The van der Waals surface area contributed by atoms with Gasteiger partial charge in [0.15, 0.2) is 5.16 Å². The second-order valence-corrected chi connectivity index (χ2v) is 5.35. The number of hydrogen-bond donors (Lipinski definition) is 3. The van der Waals surface area contributed by atoms with E-state index in [-0.39, 0.29) is 0 Å². The third kappa shape index (κ3) is 4.66. The van der Waals surface area contributed by atoms with Crippen LogP contribution in [-0.4, -0.2) is 44.1 Å². The van der Waals surface area contributed by atoms with Gasteiger partial charge < -0.3 is 10.4 Å². The molecule has 7 heteroatoms. The number of hydrogen-bond acceptors (Lipinski definition) is 5. The van der Waals surface area contributed by atoms with Crippen LogP contribution in [0.5, 0.6) is 0 Å². The molecular formula is C11H20N4O2S. The standard InChI is InChI=1S/C11H20N4O2S/c1-3-13-11(2,9(16)17)6-4-5-7-18-10-12-8-14-15-10/h8,13H,3-7H2,1-2H3,(H,16,17)(H,12,14,15). The van der Waals surface area contributed by atoms with Gasteiger partial charge in [0.2, 0.25) is 0 Å². The van der Waals surface area contributed by atoms with Gasteiger partial charge in [0.1, 0.15) is 11.9 Å². The Hall–Kier alpha value is -1.08. The number of aromatic amines is 1. The highest BCUT2D eigenvalue weighted by atomic mass is 32.2. The average molecular weight is 272 g/mol. The first-order valence-electron chi connectivity index (χ1n) is 6.05. The van der Waals surface area contributed by atoms with E-state index in [9.17, 15) is 9.90 Å². The number of carboxylic acids is 1. The van der Waals surface area contributed by atoms with Gasteiger partial charge in [-0.15, -0.1) is 0 Å². The molecule has 0 aliphatic carbocycles. The summed E-state index contributed by atoms with van der Waals surface area (Å²) in [4.78, 5) is 15.2. The van der Waals surface area contributed by atoms with Crippen molar-refractivity contribution in [3.05, 3.63) is 6.33 Å². The first kappa shape index (κ1) is 15.0. The molecule has 0 saturated carbocycles. The van der Waals surface area contributed by atoms with E-state index in [1.54, 1.807) is 18.7 Å². The van der Waals surface area contributed by atoms with Gasteiger partial charge in [0.05, 0.1) is 0 Å². The lowest BCUT2D eigenvalue weighted by Gasteiger charge is -2.25. The minimum Gasteiger partial charge on any atom is -0.480 e. The molecule has 0 radical (unpaired) electrons. The van der Waals surface area contributed by atoms with Gasteiger partial charge in [0.25, 0.3) is 0 Å². The largest absolute Gasteiger partial charge is 0.480 e. The molecule has 1 heterocycles. The van der Waals surface area contributed by atoms with E-state index in [0.29, 0.717) is 13.0 Å². The predicted octanol–water partition coefficient (Wildman–Crippen LogP) is 1.52. The summed E-state index contributed by atoms with van der Waals surface area (Å²) >= 11 is 1.60. The van der Waals surface area contributed by atoms with Crippen LogP contribution in [0.25, 0.3) is 0 Å². The summed E-state index contributed by atoms with van der Waals surface area (Å²) in [7, 11) is 0.